The molecule has 0 saturated heterocycles. The van der Waals surface area contributed by atoms with Crippen LogP contribution in [0.5, 0.6) is 0 Å². The molecular weight excluding hydrogens is 389 g/mol. The Kier molecular flexibility index (Phi) is 4.86. The van der Waals surface area contributed by atoms with Gasteiger partial charge in [-0.1, -0.05) is 12.1 Å². The van der Waals surface area contributed by atoms with Gasteiger partial charge in [-0.15, -0.1) is 0 Å². The number of sulfonamides is 1. The van der Waals surface area contributed by atoms with Crippen molar-refractivity contribution >= 4 is 33.4 Å². The number of amides is 2. The number of rotatable bonds is 2. The quantitative estimate of drug-likeness (QED) is 0.792. The van der Waals surface area contributed by atoms with E-state index in [0.29, 0.717) is 16.8 Å². The topological polar surface area (TPSA) is 121 Å². The lowest BCUT2D eigenvalue weighted by Gasteiger charge is -2.39. The standard InChI is InChI=1S/C18H18FN3O5S/c1-10-9-21(18(24)25)16-8-13(3-5-15(16)22(10)11(2)23)12-4-6-17(14(19)7-12)28(20,26)27/h3-8,10H,9H2,1-2H3,(H,24,25)(H2,20,26,27)/t10-/m0/s1. The second-order valence-corrected chi connectivity index (χ2v) is 8.05. The van der Waals surface area contributed by atoms with Crippen molar-refractivity contribution in [3.63, 3.8) is 0 Å². The molecule has 2 aromatic carbocycles. The summed E-state index contributed by atoms with van der Waals surface area (Å²) in [5.41, 5.74) is 1.52. The number of halogens is 1. The molecule has 148 valence electrons. The van der Waals surface area contributed by atoms with E-state index >= 15 is 0 Å². The van der Waals surface area contributed by atoms with Gasteiger partial charge in [0.25, 0.3) is 0 Å². The SMILES string of the molecule is CC(=O)N1c2ccc(-c3ccc(S(N)(=O)=O)c(F)c3)cc2N(C(=O)O)C[C@@H]1C. The lowest BCUT2D eigenvalue weighted by molar-refractivity contribution is -0.117. The number of hydrogen-bond acceptors (Lipinski definition) is 4. The van der Waals surface area contributed by atoms with E-state index in [1.807, 2.05) is 0 Å². The zero-order chi connectivity index (χ0) is 20.8. The van der Waals surface area contributed by atoms with Crippen LogP contribution < -0.4 is 14.9 Å². The van der Waals surface area contributed by atoms with Crippen LogP contribution in [0.15, 0.2) is 41.3 Å². The van der Waals surface area contributed by atoms with Crippen LogP contribution in [0.3, 0.4) is 0 Å². The van der Waals surface area contributed by atoms with Crippen LogP contribution in [-0.2, 0) is 14.8 Å². The first kappa shape index (κ1) is 19.8. The highest BCUT2D eigenvalue weighted by Crippen LogP contribution is 2.39. The molecule has 0 bridgehead atoms. The minimum absolute atomic E-state index is 0.0874. The first-order chi connectivity index (χ1) is 13.0. The summed E-state index contributed by atoms with van der Waals surface area (Å²) in [5, 5.41) is 14.5. The van der Waals surface area contributed by atoms with Gasteiger partial charge in [-0.3, -0.25) is 9.69 Å². The normalized spacial score (nSPS) is 16.6. The maximum Gasteiger partial charge on any atom is 0.411 e. The molecule has 1 heterocycles. The van der Waals surface area contributed by atoms with E-state index in [4.69, 9.17) is 5.14 Å². The molecule has 0 saturated carbocycles. The number of nitrogens with two attached hydrogens (primary N) is 1. The fourth-order valence-corrected chi connectivity index (χ4v) is 3.97. The highest BCUT2D eigenvalue weighted by atomic mass is 32.2. The van der Waals surface area contributed by atoms with Gasteiger partial charge in [0.05, 0.1) is 17.4 Å². The Hall–Kier alpha value is -2.98. The number of carbonyl (C=O) groups excluding carboxylic acids is 1. The molecular formula is C18H18FN3O5S. The van der Waals surface area contributed by atoms with Crippen LogP contribution in [0.4, 0.5) is 20.6 Å². The maximum atomic E-state index is 14.2. The van der Waals surface area contributed by atoms with Gasteiger partial charge in [0.1, 0.15) is 10.7 Å². The number of carbonyl (C=O) groups is 2. The molecule has 1 aliphatic heterocycles. The third-order valence-corrected chi connectivity index (χ3v) is 5.50. The van der Waals surface area contributed by atoms with Gasteiger partial charge in [0, 0.05) is 13.5 Å². The van der Waals surface area contributed by atoms with Crippen LogP contribution in [0.1, 0.15) is 13.8 Å². The third kappa shape index (κ3) is 3.43. The van der Waals surface area contributed by atoms with Crippen molar-refractivity contribution in [2.75, 3.05) is 16.3 Å². The van der Waals surface area contributed by atoms with Gasteiger partial charge in [-0.2, -0.15) is 0 Å². The second kappa shape index (κ2) is 6.88. The summed E-state index contributed by atoms with van der Waals surface area (Å²) in [6.45, 7) is 3.23. The van der Waals surface area contributed by atoms with Gasteiger partial charge in [0.2, 0.25) is 15.9 Å². The average molecular weight is 407 g/mol. The number of hydrogen-bond donors (Lipinski definition) is 2. The fraction of sp³-hybridized carbons (Fsp3) is 0.222. The van der Waals surface area contributed by atoms with E-state index in [1.165, 1.54) is 24.0 Å². The number of primary sulfonamides is 1. The van der Waals surface area contributed by atoms with Crippen molar-refractivity contribution in [3.05, 3.63) is 42.2 Å². The first-order valence-electron chi connectivity index (χ1n) is 8.27. The predicted molar refractivity (Wildman–Crippen MR) is 101 cm³/mol. The van der Waals surface area contributed by atoms with Crippen LogP contribution in [0.2, 0.25) is 0 Å². The van der Waals surface area contributed by atoms with Crippen LogP contribution >= 0.6 is 0 Å². The molecule has 0 aromatic heterocycles. The Morgan fingerprint density at radius 2 is 1.75 bits per heavy atom. The summed E-state index contributed by atoms with van der Waals surface area (Å²) >= 11 is 0. The molecule has 2 aromatic rings. The van der Waals surface area contributed by atoms with E-state index in [2.05, 4.69) is 0 Å². The molecule has 0 radical (unpaired) electrons. The van der Waals surface area contributed by atoms with Crippen molar-refractivity contribution in [1.82, 2.24) is 0 Å². The molecule has 1 aliphatic rings. The Balaban J connectivity index is 2.14. The molecule has 3 rings (SSSR count). The van der Waals surface area contributed by atoms with Gasteiger partial charge in [0.15, 0.2) is 0 Å². The van der Waals surface area contributed by atoms with Gasteiger partial charge < -0.3 is 10.0 Å². The van der Waals surface area contributed by atoms with E-state index in [9.17, 15) is 27.5 Å². The molecule has 1 atom stereocenters. The Labute approximate surface area is 161 Å². The van der Waals surface area contributed by atoms with Crippen molar-refractivity contribution < 1.29 is 27.5 Å². The van der Waals surface area contributed by atoms with E-state index in [0.717, 1.165) is 17.0 Å². The summed E-state index contributed by atoms with van der Waals surface area (Å²) < 4.78 is 36.9. The Morgan fingerprint density at radius 3 is 2.29 bits per heavy atom. The average Bonchev–Trinajstić information content (AvgIpc) is 2.58. The van der Waals surface area contributed by atoms with Crippen molar-refractivity contribution in [2.24, 2.45) is 5.14 Å². The van der Waals surface area contributed by atoms with E-state index in [-0.39, 0.29) is 24.2 Å². The molecule has 0 spiro atoms. The maximum absolute atomic E-state index is 14.2. The predicted octanol–water partition coefficient (Wildman–Crippen LogP) is 2.38. The molecule has 0 aliphatic carbocycles. The Bertz CT molecular complexity index is 1090. The zero-order valence-corrected chi connectivity index (χ0v) is 15.9. The Morgan fingerprint density at radius 1 is 1.14 bits per heavy atom. The first-order valence-corrected chi connectivity index (χ1v) is 9.82. The molecule has 3 N–H and O–H groups in total. The van der Waals surface area contributed by atoms with Crippen LogP contribution in [0, 0.1) is 5.82 Å². The smallest absolute Gasteiger partial charge is 0.411 e. The highest BCUT2D eigenvalue weighted by Gasteiger charge is 2.33. The summed E-state index contributed by atoms with van der Waals surface area (Å²) in [7, 11) is -4.19. The summed E-state index contributed by atoms with van der Waals surface area (Å²) in [6, 6.07) is 7.82. The van der Waals surface area contributed by atoms with Crippen molar-refractivity contribution in [2.45, 2.75) is 24.8 Å². The van der Waals surface area contributed by atoms with Gasteiger partial charge >= 0.3 is 6.09 Å². The third-order valence-electron chi connectivity index (χ3n) is 4.56. The highest BCUT2D eigenvalue weighted by molar-refractivity contribution is 7.89. The second-order valence-electron chi connectivity index (χ2n) is 6.52. The van der Waals surface area contributed by atoms with E-state index in [1.54, 1.807) is 19.1 Å². The monoisotopic (exact) mass is 407 g/mol. The minimum atomic E-state index is -4.19. The largest absolute Gasteiger partial charge is 0.465 e. The van der Waals surface area contributed by atoms with Crippen molar-refractivity contribution in [1.29, 1.82) is 0 Å². The number of benzene rings is 2. The minimum Gasteiger partial charge on any atom is -0.465 e. The fourth-order valence-electron chi connectivity index (χ4n) is 3.38. The van der Waals surface area contributed by atoms with Crippen molar-refractivity contribution in [3.8, 4) is 11.1 Å². The number of nitrogens with zero attached hydrogens (tertiary/aromatic N) is 2. The summed E-state index contributed by atoms with van der Waals surface area (Å²) in [5.74, 6) is -1.23. The molecule has 0 fully saturated rings. The summed E-state index contributed by atoms with van der Waals surface area (Å²) in [6.07, 6.45) is -1.18. The lowest BCUT2D eigenvalue weighted by atomic mass is 10.0. The molecule has 10 heteroatoms. The number of carboxylic acid groups (broad SMARTS) is 1. The molecule has 8 nitrogen and oxygen atoms in total. The zero-order valence-electron chi connectivity index (χ0n) is 15.1. The number of anilines is 2. The molecule has 0 unspecified atom stereocenters. The number of fused-ring (bicyclic) bond motifs is 1. The van der Waals surface area contributed by atoms with Crippen LogP contribution in [0.25, 0.3) is 11.1 Å². The lowest BCUT2D eigenvalue weighted by Crippen LogP contribution is -2.51. The summed E-state index contributed by atoms with van der Waals surface area (Å²) in [4.78, 5) is 25.7. The molecule has 28 heavy (non-hydrogen) atoms. The molecule has 2 amide bonds. The van der Waals surface area contributed by atoms with Crippen LogP contribution in [-0.4, -0.2) is 38.1 Å². The van der Waals surface area contributed by atoms with E-state index < -0.39 is 26.8 Å². The van der Waals surface area contributed by atoms with Gasteiger partial charge in [-0.25, -0.2) is 22.7 Å². The van der Waals surface area contributed by atoms with Gasteiger partial charge in [-0.05, 0) is 42.3 Å².